The van der Waals surface area contributed by atoms with Crippen molar-refractivity contribution in [3.05, 3.63) is 53.6 Å². The van der Waals surface area contributed by atoms with Gasteiger partial charge in [0.1, 0.15) is 5.75 Å². The van der Waals surface area contributed by atoms with Crippen LogP contribution in [0.1, 0.15) is 17.5 Å². The first-order valence-corrected chi connectivity index (χ1v) is 6.87. The predicted molar refractivity (Wildman–Crippen MR) is 78.7 cm³/mol. The van der Waals surface area contributed by atoms with Gasteiger partial charge < -0.3 is 10.1 Å². The number of fused-ring (bicyclic) bond motifs is 3. The molecule has 1 aliphatic rings. The van der Waals surface area contributed by atoms with Gasteiger partial charge in [0.15, 0.2) is 0 Å². The summed E-state index contributed by atoms with van der Waals surface area (Å²) in [6, 6.07) is 15.0. The normalized spacial score (nSPS) is 12.1. The van der Waals surface area contributed by atoms with Gasteiger partial charge >= 0.3 is 0 Å². The average Bonchev–Trinajstić information content (AvgIpc) is 2.83. The lowest BCUT2D eigenvalue weighted by Crippen LogP contribution is -2.11. The van der Waals surface area contributed by atoms with Crippen LogP contribution in [-0.4, -0.2) is 20.2 Å². The Labute approximate surface area is 114 Å². The monoisotopic (exact) mass is 253 g/mol. The molecule has 0 saturated heterocycles. The van der Waals surface area contributed by atoms with Crippen LogP contribution >= 0.6 is 0 Å². The van der Waals surface area contributed by atoms with Crippen molar-refractivity contribution in [1.29, 1.82) is 0 Å². The molecule has 0 fully saturated rings. The molecule has 0 bridgehead atoms. The fraction of sp³-hybridized carbons (Fsp3) is 0.294. The molecule has 0 spiro atoms. The third kappa shape index (κ3) is 2.36. The molecule has 0 aliphatic heterocycles. The lowest BCUT2D eigenvalue weighted by atomic mass is 10.1. The standard InChI is InChI=1S/C17H19NO/c1-18-10-5-11-19-17-9-4-8-15-14-7-3-2-6-13(14)12-16(15)17/h2-4,6-9,18H,5,10-12H2,1H3. The third-order valence-electron chi connectivity index (χ3n) is 3.64. The van der Waals surface area contributed by atoms with Crippen LogP contribution in [0.3, 0.4) is 0 Å². The Balaban J connectivity index is 1.82. The minimum Gasteiger partial charge on any atom is -0.493 e. The van der Waals surface area contributed by atoms with Crippen LogP contribution in [-0.2, 0) is 6.42 Å². The summed E-state index contributed by atoms with van der Waals surface area (Å²) in [5.74, 6) is 1.05. The van der Waals surface area contributed by atoms with Crippen molar-refractivity contribution in [2.75, 3.05) is 20.2 Å². The molecule has 3 rings (SSSR count). The molecule has 0 amide bonds. The van der Waals surface area contributed by atoms with Crippen LogP contribution in [0.4, 0.5) is 0 Å². The summed E-state index contributed by atoms with van der Waals surface area (Å²) in [6.07, 6.45) is 2.03. The summed E-state index contributed by atoms with van der Waals surface area (Å²) in [6.45, 7) is 1.77. The van der Waals surface area contributed by atoms with E-state index in [1.807, 2.05) is 7.05 Å². The van der Waals surface area contributed by atoms with E-state index in [4.69, 9.17) is 4.74 Å². The van der Waals surface area contributed by atoms with E-state index in [0.29, 0.717) is 0 Å². The first kappa shape index (κ1) is 12.2. The lowest BCUT2D eigenvalue weighted by molar-refractivity contribution is 0.307. The topological polar surface area (TPSA) is 21.3 Å². The summed E-state index contributed by atoms with van der Waals surface area (Å²) in [4.78, 5) is 0. The molecule has 0 unspecified atom stereocenters. The molecule has 0 aromatic heterocycles. The van der Waals surface area contributed by atoms with Crippen LogP contribution in [0, 0.1) is 0 Å². The van der Waals surface area contributed by atoms with Gasteiger partial charge in [-0.3, -0.25) is 0 Å². The van der Waals surface area contributed by atoms with E-state index in [-0.39, 0.29) is 0 Å². The Hall–Kier alpha value is -1.80. The van der Waals surface area contributed by atoms with E-state index in [2.05, 4.69) is 47.8 Å². The van der Waals surface area contributed by atoms with Gasteiger partial charge in [0.25, 0.3) is 0 Å². The third-order valence-corrected chi connectivity index (χ3v) is 3.64. The van der Waals surface area contributed by atoms with Crippen molar-refractivity contribution >= 4 is 0 Å². The van der Waals surface area contributed by atoms with E-state index in [1.54, 1.807) is 0 Å². The molecule has 0 atom stereocenters. The molecule has 2 aromatic rings. The summed E-state index contributed by atoms with van der Waals surface area (Å²) in [5.41, 5.74) is 5.44. The highest BCUT2D eigenvalue weighted by molar-refractivity contribution is 5.78. The quantitative estimate of drug-likeness (QED) is 0.705. The van der Waals surface area contributed by atoms with Crippen LogP contribution in [0.5, 0.6) is 5.75 Å². The second kappa shape index (κ2) is 5.45. The Bertz CT molecular complexity index is 577. The minimum absolute atomic E-state index is 0.771. The minimum atomic E-state index is 0.771. The van der Waals surface area contributed by atoms with E-state index in [0.717, 1.165) is 31.7 Å². The van der Waals surface area contributed by atoms with Crippen molar-refractivity contribution in [3.63, 3.8) is 0 Å². The maximum absolute atomic E-state index is 5.94. The van der Waals surface area contributed by atoms with E-state index >= 15 is 0 Å². The molecular formula is C17H19NO. The smallest absolute Gasteiger partial charge is 0.123 e. The lowest BCUT2D eigenvalue weighted by Gasteiger charge is -2.10. The van der Waals surface area contributed by atoms with E-state index < -0.39 is 0 Å². The Morgan fingerprint density at radius 3 is 2.79 bits per heavy atom. The molecule has 1 aliphatic carbocycles. The molecule has 0 saturated carbocycles. The number of ether oxygens (including phenoxy) is 1. The molecule has 98 valence electrons. The number of hydrogen-bond donors (Lipinski definition) is 1. The van der Waals surface area contributed by atoms with Gasteiger partial charge in [0, 0.05) is 12.0 Å². The number of rotatable bonds is 5. The van der Waals surface area contributed by atoms with Gasteiger partial charge in [-0.1, -0.05) is 36.4 Å². The molecule has 19 heavy (non-hydrogen) atoms. The van der Waals surface area contributed by atoms with Gasteiger partial charge in [-0.05, 0) is 42.8 Å². The van der Waals surface area contributed by atoms with Crippen molar-refractivity contribution in [3.8, 4) is 16.9 Å². The summed E-state index contributed by atoms with van der Waals surface area (Å²) < 4.78 is 5.94. The van der Waals surface area contributed by atoms with Crippen molar-refractivity contribution in [1.82, 2.24) is 5.32 Å². The maximum atomic E-state index is 5.94. The molecule has 1 N–H and O–H groups in total. The summed E-state index contributed by atoms with van der Waals surface area (Å²) >= 11 is 0. The summed E-state index contributed by atoms with van der Waals surface area (Å²) in [7, 11) is 1.97. The van der Waals surface area contributed by atoms with Gasteiger partial charge in [-0.15, -0.1) is 0 Å². The van der Waals surface area contributed by atoms with Crippen molar-refractivity contribution in [2.45, 2.75) is 12.8 Å². The fourth-order valence-corrected chi connectivity index (χ4v) is 2.69. The zero-order chi connectivity index (χ0) is 13.1. The van der Waals surface area contributed by atoms with Gasteiger partial charge in [-0.25, -0.2) is 0 Å². The second-order valence-corrected chi connectivity index (χ2v) is 4.92. The van der Waals surface area contributed by atoms with Crippen LogP contribution in [0.15, 0.2) is 42.5 Å². The van der Waals surface area contributed by atoms with Crippen LogP contribution < -0.4 is 10.1 Å². The highest BCUT2D eigenvalue weighted by atomic mass is 16.5. The molecule has 0 radical (unpaired) electrons. The average molecular weight is 253 g/mol. The Kier molecular flexibility index (Phi) is 3.51. The maximum Gasteiger partial charge on any atom is 0.123 e. The number of hydrogen-bond acceptors (Lipinski definition) is 2. The van der Waals surface area contributed by atoms with Crippen molar-refractivity contribution < 1.29 is 4.74 Å². The highest BCUT2D eigenvalue weighted by Crippen LogP contribution is 2.40. The predicted octanol–water partition coefficient (Wildman–Crippen LogP) is 3.25. The summed E-state index contributed by atoms with van der Waals surface area (Å²) in [5, 5.41) is 3.14. The van der Waals surface area contributed by atoms with Crippen molar-refractivity contribution in [2.24, 2.45) is 0 Å². The zero-order valence-electron chi connectivity index (χ0n) is 11.3. The molecule has 2 nitrogen and oxygen atoms in total. The number of benzene rings is 2. The Morgan fingerprint density at radius 1 is 1.05 bits per heavy atom. The van der Waals surface area contributed by atoms with Gasteiger partial charge in [-0.2, -0.15) is 0 Å². The van der Waals surface area contributed by atoms with Crippen LogP contribution in [0.25, 0.3) is 11.1 Å². The van der Waals surface area contributed by atoms with Gasteiger partial charge in [0.2, 0.25) is 0 Å². The number of nitrogens with one attached hydrogen (secondary N) is 1. The SMILES string of the molecule is CNCCCOc1cccc2c1Cc1ccccc1-2. The molecule has 0 heterocycles. The highest BCUT2D eigenvalue weighted by Gasteiger charge is 2.20. The molecule has 2 aromatic carbocycles. The zero-order valence-corrected chi connectivity index (χ0v) is 11.3. The van der Waals surface area contributed by atoms with Gasteiger partial charge in [0.05, 0.1) is 6.61 Å². The molecular weight excluding hydrogens is 234 g/mol. The first-order valence-electron chi connectivity index (χ1n) is 6.87. The second-order valence-electron chi connectivity index (χ2n) is 4.92. The Morgan fingerprint density at radius 2 is 1.89 bits per heavy atom. The van der Waals surface area contributed by atoms with E-state index in [1.165, 1.54) is 22.3 Å². The first-order chi connectivity index (χ1) is 9.40. The molecule has 2 heteroatoms. The largest absolute Gasteiger partial charge is 0.493 e. The fourth-order valence-electron chi connectivity index (χ4n) is 2.69. The van der Waals surface area contributed by atoms with Crippen LogP contribution in [0.2, 0.25) is 0 Å². The van der Waals surface area contributed by atoms with E-state index in [9.17, 15) is 0 Å².